The predicted octanol–water partition coefficient (Wildman–Crippen LogP) is -0.658. The molecule has 144 valence electrons. The zero-order valence-electron chi connectivity index (χ0n) is 15.4. The van der Waals surface area contributed by atoms with Crippen LogP contribution >= 0.6 is 12.2 Å². The molecule has 1 fully saturated rings. The molecule has 26 heavy (non-hydrogen) atoms. The summed E-state index contributed by atoms with van der Waals surface area (Å²) in [5, 5.41) is 14.6. The van der Waals surface area contributed by atoms with Gasteiger partial charge in [-0.25, -0.2) is 0 Å². The van der Waals surface area contributed by atoms with E-state index in [1.165, 1.54) is 4.90 Å². The maximum Gasteiger partial charge on any atom is 0.169 e. The predicted molar refractivity (Wildman–Crippen MR) is 102 cm³/mol. The van der Waals surface area contributed by atoms with Crippen LogP contribution in [-0.2, 0) is 11.3 Å². The van der Waals surface area contributed by atoms with Crippen molar-refractivity contribution in [3.05, 3.63) is 23.3 Å². The molecule has 0 aromatic heterocycles. The van der Waals surface area contributed by atoms with Crippen LogP contribution in [0.1, 0.15) is 17.2 Å². The number of hydrogen-bond acceptors (Lipinski definition) is 5. The van der Waals surface area contributed by atoms with Crippen LogP contribution in [0.15, 0.2) is 12.1 Å². The number of aliphatic hydroxyl groups excluding tert-OH is 1. The lowest BCUT2D eigenvalue weighted by molar-refractivity contribution is -0.906. The SMILES string of the molecule is COc1ccc(OC)c2c1CN(C(=S)NCC[NH+]1CCOCC1)C[C@H]2O. The molecule has 2 aliphatic rings. The molecule has 1 aromatic rings. The summed E-state index contributed by atoms with van der Waals surface area (Å²) in [6, 6.07) is 3.70. The lowest BCUT2D eigenvalue weighted by Gasteiger charge is -2.35. The molecule has 1 aromatic carbocycles. The highest BCUT2D eigenvalue weighted by Gasteiger charge is 2.30. The van der Waals surface area contributed by atoms with E-state index in [1.54, 1.807) is 14.2 Å². The second kappa shape index (κ2) is 8.85. The van der Waals surface area contributed by atoms with Gasteiger partial charge in [0.25, 0.3) is 0 Å². The Morgan fingerprint density at radius 2 is 2.00 bits per heavy atom. The molecule has 3 N–H and O–H groups in total. The Balaban J connectivity index is 1.63. The Bertz CT molecular complexity index is 637. The van der Waals surface area contributed by atoms with Gasteiger partial charge in [0.05, 0.1) is 47.1 Å². The van der Waals surface area contributed by atoms with Crippen molar-refractivity contribution in [2.24, 2.45) is 0 Å². The Hall–Kier alpha value is -1.61. The highest BCUT2D eigenvalue weighted by Crippen LogP contribution is 2.39. The normalized spacial score (nSPS) is 20.4. The van der Waals surface area contributed by atoms with E-state index in [9.17, 15) is 5.11 Å². The Labute approximate surface area is 159 Å². The fraction of sp³-hybridized carbons (Fsp3) is 0.611. The third-order valence-electron chi connectivity index (χ3n) is 5.03. The number of fused-ring (bicyclic) bond motifs is 1. The van der Waals surface area contributed by atoms with Crippen LogP contribution in [0.4, 0.5) is 0 Å². The maximum atomic E-state index is 10.7. The van der Waals surface area contributed by atoms with Gasteiger partial charge in [-0.2, -0.15) is 0 Å². The Morgan fingerprint density at radius 3 is 2.69 bits per heavy atom. The summed E-state index contributed by atoms with van der Waals surface area (Å²) in [6.45, 7) is 6.59. The second-order valence-electron chi connectivity index (χ2n) is 6.60. The molecule has 8 heteroatoms. The number of aliphatic hydroxyl groups is 1. The Morgan fingerprint density at radius 1 is 1.31 bits per heavy atom. The quantitative estimate of drug-likeness (QED) is 0.585. The largest absolute Gasteiger partial charge is 0.496 e. The van der Waals surface area contributed by atoms with Gasteiger partial charge < -0.3 is 34.4 Å². The first-order valence-corrected chi connectivity index (χ1v) is 9.40. The number of methoxy groups -OCH3 is 2. The fourth-order valence-corrected chi connectivity index (χ4v) is 3.84. The molecule has 2 aliphatic heterocycles. The molecular formula is C18H28N3O4S+. The third kappa shape index (κ3) is 4.20. The number of rotatable bonds is 5. The van der Waals surface area contributed by atoms with Crippen LogP contribution in [0.5, 0.6) is 11.5 Å². The number of morpholine rings is 1. The van der Waals surface area contributed by atoms with Crippen molar-refractivity contribution in [1.82, 2.24) is 10.2 Å². The number of quaternary nitrogens is 1. The summed E-state index contributed by atoms with van der Waals surface area (Å²) in [7, 11) is 3.25. The second-order valence-corrected chi connectivity index (χ2v) is 6.99. The van der Waals surface area contributed by atoms with E-state index < -0.39 is 6.10 Å². The first-order chi connectivity index (χ1) is 12.6. The number of β-amino-alcohol motifs (C(OH)–C–C–N with tert-alkyl or cyclic N) is 1. The van der Waals surface area contributed by atoms with Gasteiger partial charge in [-0.05, 0) is 24.4 Å². The van der Waals surface area contributed by atoms with E-state index in [-0.39, 0.29) is 0 Å². The van der Waals surface area contributed by atoms with Gasteiger partial charge in [-0.3, -0.25) is 0 Å². The standard InChI is InChI=1S/C18H27N3O4S/c1-23-15-3-4-16(24-2)17-13(15)11-21(12-14(17)22)18(26)19-5-6-20-7-9-25-10-8-20/h3-4,14,22H,5-12H2,1-2H3,(H,19,26)/p+1/t14-/m1/s1. The number of nitrogens with zero attached hydrogens (tertiary/aromatic N) is 1. The summed E-state index contributed by atoms with van der Waals surface area (Å²) in [5.41, 5.74) is 1.72. The van der Waals surface area contributed by atoms with E-state index in [0.717, 1.165) is 56.3 Å². The van der Waals surface area contributed by atoms with E-state index in [2.05, 4.69) is 5.32 Å². The molecule has 0 unspecified atom stereocenters. The monoisotopic (exact) mass is 382 g/mol. The lowest BCUT2D eigenvalue weighted by Crippen LogP contribution is -3.14. The van der Waals surface area contributed by atoms with Crippen LogP contribution < -0.4 is 19.7 Å². The average molecular weight is 383 g/mol. The van der Waals surface area contributed by atoms with Gasteiger partial charge in [0, 0.05) is 17.7 Å². The number of ether oxygens (including phenoxy) is 3. The van der Waals surface area contributed by atoms with Crippen molar-refractivity contribution in [2.75, 3.05) is 60.2 Å². The topological polar surface area (TPSA) is 67.6 Å². The molecule has 0 saturated carbocycles. The fourth-order valence-electron chi connectivity index (χ4n) is 3.60. The van der Waals surface area contributed by atoms with Crippen LogP contribution in [0, 0.1) is 0 Å². The minimum atomic E-state index is -0.673. The van der Waals surface area contributed by atoms with E-state index in [1.807, 2.05) is 17.0 Å². The molecule has 0 aliphatic carbocycles. The maximum absolute atomic E-state index is 10.7. The minimum absolute atomic E-state index is 0.437. The van der Waals surface area contributed by atoms with Crippen molar-refractivity contribution in [3.8, 4) is 11.5 Å². The third-order valence-corrected chi connectivity index (χ3v) is 5.43. The highest BCUT2D eigenvalue weighted by molar-refractivity contribution is 7.80. The number of hydrogen-bond donors (Lipinski definition) is 3. The van der Waals surface area contributed by atoms with Gasteiger partial charge >= 0.3 is 0 Å². The van der Waals surface area contributed by atoms with Gasteiger partial charge in [-0.1, -0.05) is 0 Å². The van der Waals surface area contributed by atoms with Crippen molar-refractivity contribution >= 4 is 17.3 Å². The van der Waals surface area contributed by atoms with Crippen LogP contribution in [-0.4, -0.2) is 75.3 Å². The van der Waals surface area contributed by atoms with Gasteiger partial charge in [-0.15, -0.1) is 0 Å². The summed E-state index contributed by atoms with van der Waals surface area (Å²) in [4.78, 5) is 3.51. The zero-order chi connectivity index (χ0) is 18.5. The van der Waals surface area contributed by atoms with E-state index >= 15 is 0 Å². The summed E-state index contributed by atoms with van der Waals surface area (Å²) in [5.74, 6) is 1.42. The molecule has 1 atom stereocenters. The van der Waals surface area contributed by atoms with Crippen LogP contribution in [0.2, 0.25) is 0 Å². The molecule has 2 heterocycles. The van der Waals surface area contributed by atoms with Crippen LogP contribution in [0.25, 0.3) is 0 Å². The molecule has 3 rings (SSSR count). The number of nitrogens with one attached hydrogen (secondary N) is 2. The van der Waals surface area contributed by atoms with E-state index in [0.29, 0.717) is 24.0 Å². The van der Waals surface area contributed by atoms with Gasteiger partial charge in [0.1, 0.15) is 30.7 Å². The first kappa shape index (κ1) is 19.2. The molecular weight excluding hydrogens is 354 g/mol. The lowest BCUT2D eigenvalue weighted by atomic mass is 9.95. The van der Waals surface area contributed by atoms with Gasteiger partial charge in [0.15, 0.2) is 5.11 Å². The van der Waals surface area contributed by atoms with Crippen LogP contribution in [0.3, 0.4) is 0 Å². The van der Waals surface area contributed by atoms with Crippen molar-refractivity contribution in [3.63, 3.8) is 0 Å². The summed E-state index contributed by atoms with van der Waals surface area (Å²) in [6.07, 6.45) is -0.673. The Kier molecular flexibility index (Phi) is 6.53. The first-order valence-electron chi connectivity index (χ1n) is 9.00. The zero-order valence-corrected chi connectivity index (χ0v) is 16.2. The molecule has 7 nitrogen and oxygen atoms in total. The summed E-state index contributed by atoms with van der Waals surface area (Å²) < 4.78 is 16.3. The smallest absolute Gasteiger partial charge is 0.169 e. The molecule has 0 radical (unpaired) electrons. The molecule has 0 amide bonds. The molecule has 1 saturated heterocycles. The minimum Gasteiger partial charge on any atom is -0.496 e. The van der Waals surface area contributed by atoms with Crippen molar-refractivity contribution in [1.29, 1.82) is 0 Å². The summed E-state index contributed by atoms with van der Waals surface area (Å²) >= 11 is 5.56. The van der Waals surface area contributed by atoms with E-state index in [4.69, 9.17) is 26.4 Å². The number of thiocarbonyl (C=S) groups is 1. The highest BCUT2D eigenvalue weighted by atomic mass is 32.1. The van der Waals surface area contributed by atoms with Crippen molar-refractivity contribution < 1.29 is 24.2 Å². The average Bonchev–Trinajstić information content (AvgIpc) is 2.67. The molecule has 0 spiro atoms. The van der Waals surface area contributed by atoms with Gasteiger partial charge in [0.2, 0.25) is 0 Å². The van der Waals surface area contributed by atoms with Crippen molar-refractivity contribution in [2.45, 2.75) is 12.6 Å². The molecule has 0 bridgehead atoms. The number of benzene rings is 1.